The lowest BCUT2D eigenvalue weighted by atomic mass is 10.1. The molecule has 0 fully saturated rings. The van der Waals surface area contributed by atoms with E-state index >= 15 is 0 Å². The summed E-state index contributed by atoms with van der Waals surface area (Å²) < 4.78 is 5.11. The summed E-state index contributed by atoms with van der Waals surface area (Å²) in [5.74, 6) is 0. The second-order valence-corrected chi connectivity index (χ2v) is 4.10. The molecule has 0 aliphatic rings. The molecule has 0 aliphatic heterocycles. The molecule has 108 valence electrons. The molecule has 1 N–H and O–H groups in total. The lowest BCUT2D eigenvalue weighted by molar-refractivity contribution is -0.105. The van der Waals surface area contributed by atoms with Crippen molar-refractivity contribution in [2.75, 3.05) is 13.7 Å². The van der Waals surface area contributed by atoms with Crippen LogP contribution in [-0.2, 0) is 9.53 Å². The highest BCUT2D eigenvalue weighted by molar-refractivity contribution is 5.72. The van der Waals surface area contributed by atoms with Gasteiger partial charge >= 0.3 is 0 Å². The fourth-order valence-corrected chi connectivity index (χ4v) is 1.41. The minimum atomic E-state index is 0.0957. The third-order valence-electron chi connectivity index (χ3n) is 2.54. The first-order valence-electron chi connectivity index (χ1n) is 7.15. The fourth-order valence-electron chi connectivity index (χ4n) is 1.41. The summed E-state index contributed by atoms with van der Waals surface area (Å²) in [6.07, 6.45) is 8.43. The summed E-state index contributed by atoms with van der Waals surface area (Å²) in [5, 5.41) is 3.18. The van der Waals surface area contributed by atoms with Gasteiger partial charge in [-0.2, -0.15) is 0 Å². The zero-order valence-corrected chi connectivity index (χ0v) is 12.8. The largest absolute Gasteiger partial charge is 0.391 e. The molecule has 0 bridgehead atoms. The zero-order valence-electron chi connectivity index (χ0n) is 12.8. The predicted molar refractivity (Wildman–Crippen MR) is 78.7 cm³/mol. The first kappa shape index (κ1) is 19.5. The standard InChI is InChI=1S/C13H25NO2.C2H6/c1-4-5-6-7-8-14-10-13(11-15)9-12(2)16-3;1-2/h10-12,14H,4-9H2,1-3H3;1-2H3/b13-10-;. The van der Waals surface area contributed by atoms with Crippen LogP contribution in [0.4, 0.5) is 0 Å². The molecule has 3 nitrogen and oxygen atoms in total. The van der Waals surface area contributed by atoms with Gasteiger partial charge in [0.25, 0.3) is 0 Å². The number of unbranched alkanes of at least 4 members (excludes halogenated alkanes) is 3. The van der Waals surface area contributed by atoms with E-state index in [0.717, 1.165) is 24.8 Å². The Bertz CT molecular complexity index is 203. The molecule has 0 aromatic rings. The molecule has 0 saturated carbocycles. The minimum absolute atomic E-state index is 0.0957. The van der Waals surface area contributed by atoms with Crippen LogP contribution in [0.25, 0.3) is 0 Å². The molecule has 0 rings (SSSR count). The van der Waals surface area contributed by atoms with Gasteiger partial charge in [0.15, 0.2) is 0 Å². The minimum Gasteiger partial charge on any atom is -0.391 e. The Balaban J connectivity index is 0. The van der Waals surface area contributed by atoms with Crippen molar-refractivity contribution in [2.45, 2.75) is 65.9 Å². The van der Waals surface area contributed by atoms with E-state index in [9.17, 15) is 4.79 Å². The van der Waals surface area contributed by atoms with Crippen LogP contribution in [0, 0.1) is 0 Å². The van der Waals surface area contributed by atoms with Gasteiger partial charge in [0.05, 0.1) is 6.10 Å². The molecule has 1 atom stereocenters. The van der Waals surface area contributed by atoms with Gasteiger partial charge in [-0.3, -0.25) is 4.79 Å². The number of nitrogens with one attached hydrogen (secondary N) is 1. The van der Waals surface area contributed by atoms with E-state index in [0.29, 0.717) is 6.42 Å². The zero-order chi connectivity index (χ0) is 14.2. The maximum Gasteiger partial charge on any atom is 0.147 e. The van der Waals surface area contributed by atoms with Crippen LogP contribution in [0.15, 0.2) is 11.8 Å². The van der Waals surface area contributed by atoms with E-state index in [1.165, 1.54) is 19.3 Å². The number of rotatable bonds is 10. The first-order chi connectivity index (χ1) is 8.74. The molecule has 0 radical (unpaired) electrons. The van der Waals surface area contributed by atoms with Crippen LogP contribution < -0.4 is 5.32 Å². The van der Waals surface area contributed by atoms with Crippen LogP contribution in [0.3, 0.4) is 0 Å². The molecule has 0 saturated heterocycles. The molecule has 1 unspecified atom stereocenters. The average Bonchev–Trinajstić information content (AvgIpc) is 2.43. The Morgan fingerprint density at radius 3 is 2.44 bits per heavy atom. The number of carbonyl (C=O) groups excluding carboxylic acids is 1. The van der Waals surface area contributed by atoms with Gasteiger partial charge in [0.2, 0.25) is 0 Å². The summed E-state index contributed by atoms with van der Waals surface area (Å²) in [4.78, 5) is 10.8. The maximum absolute atomic E-state index is 10.8. The van der Waals surface area contributed by atoms with Crippen LogP contribution in [-0.4, -0.2) is 26.0 Å². The maximum atomic E-state index is 10.8. The van der Waals surface area contributed by atoms with Crippen molar-refractivity contribution >= 4 is 6.29 Å². The topological polar surface area (TPSA) is 38.3 Å². The average molecular weight is 257 g/mol. The van der Waals surface area contributed by atoms with Crippen LogP contribution in [0.5, 0.6) is 0 Å². The Hall–Kier alpha value is -0.830. The van der Waals surface area contributed by atoms with Crippen molar-refractivity contribution in [3.8, 4) is 0 Å². The normalized spacial score (nSPS) is 12.4. The highest BCUT2D eigenvalue weighted by atomic mass is 16.5. The molecule has 3 heteroatoms. The van der Waals surface area contributed by atoms with E-state index < -0.39 is 0 Å². The van der Waals surface area contributed by atoms with Gasteiger partial charge in [-0.1, -0.05) is 40.0 Å². The van der Waals surface area contributed by atoms with E-state index in [1.807, 2.05) is 27.0 Å². The molecule has 0 aromatic carbocycles. The van der Waals surface area contributed by atoms with Crippen molar-refractivity contribution in [3.63, 3.8) is 0 Å². The van der Waals surface area contributed by atoms with Gasteiger partial charge in [-0.15, -0.1) is 0 Å². The number of methoxy groups -OCH3 is 1. The third-order valence-corrected chi connectivity index (χ3v) is 2.54. The molecule has 0 heterocycles. The lowest BCUT2D eigenvalue weighted by Gasteiger charge is -2.09. The summed E-state index contributed by atoms with van der Waals surface area (Å²) in [6.45, 7) is 9.10. The highest BCUT2D eigenvalue weighted by Gasteiger charge is 2.02. The van der Waals surface area contributed by atoms with E-state index in [2.05, 4.69) is 12.2 Å². The predicted octanol–water partition coefficient (Wildman–Crippen LogP) is 3.69. The number of ether oxygens (including phenoxy) is 1. The summed E-state index contributed by atoms with van der Waals surface area (Å²) >= 11 is 0. The van der Waals surface area contributed by atoms with Crippen molar-refractivity contribution in [1.82, 2.24) is 5.32 Å². The number of hydrogen-bond acceptors (Lipinski definition) is 3. The number of carbonyl (C=O) groups is 1. The summed E-state index contributed by atoms with van der Waals surface area (Å²) in [7, 11) is 1.66. The molecule has 0 amide bonds. The van der Waals surface area contributed by atoms with E-state index in [1.54, 1.807) is 7.11 Å². The second-order valence-electron chi connectivity index (χ2n) is 4.10. The Morgan fingerprint density at radius 2 is 1.94 bits per heavy atom. The summed E-state index contributed by atoms with van der Waals surface area (Å²) in [6, 6.07) is 0. The third kappa shape index (κ3) is 13.2. The Morgan fingerprint density at radius 1 is 1.28 bits per heavy atom. The molecule has 18 heavy (non-hydrogen) atoms. The first-order valence-corrected chi connectivity index (χ1v) is 7.15. The van der Waals surface area contributed by atoms with Gasteiger partial charge in [0.1, 0.15) is 6.29 Å². The Kier molecular flexibility index (Phi) is 17.5. The smallest absolute Gasteiger partial charge is 0.147 e. The molecule has 0 aliphatic carbocycles. The van der Waals surface area contributed by atoms with Crippen LogP contribution in [0.1, 0.15) is 59.8 Å². The van der Waals surface area contributed by atoms with E-state index in [-0.39, 0.29) is 6.10 Å². The van der Waals surface area contributed by atoms with Gasteiger partial charge in [-0.25, -0.2) is 0 Å². The van der Waals surface area contributed by atoms with Crippen molar-refractivity contribution in [1.29, 1.82) is 0 Å². The SMILES string of the molecule is CC.CCCCCCN/C=C(\C=O)CC(C)OC. The molecular weight excluding hydrogens is 226 g/mol. The lowest BCUT2D eigenvalue weighted by Crippen LogP contribution is -2.12. The molecular formula is C15H31NO2. The van der Waals surface area contributed by atoms with Gasteiger partial charge < -0.3 is 10.1 Å². The van der Waals surface area contributed by atoms with Crippen molar-refractivity contribution in [2.24, 2.45) is 0 Å². The number of hydrogen-bond donors (Lipinski definition) is 1. The monoisotopic (exact) mass is 257 g/mol. The van der Waals surface area contributed by atoms with Gasteiger partial charge in [-0.05, 0) is 13.3 Å². The second kappa shape index (κ2) is 16.2. The molecule has 0 spiro atoms. The van der Waals surface area contributed by atoms with Crippen LogP contribution in [0.2, 0.25) is 0 Å². The van der Waals surface area contributed by atoms with Crippen LogP contribution >= 0.6 is 0 Å². The van der Waals surface area contributed by atoms with Crippen molar-refractivity contribution < 1.29 is 9.53 Å². The number of aldehydes is 1. The van der Waals surface area contributed by atoms with Crippen molar-refractivity contribution in [3.05, 3.63) is 11.8 Å². The highest BCUT2D eigenvalue weighted by Crippen LogP contribution is 2.04. The Labute approximate surface area is 113 Å². The fraction of sp³-hybridized carbons (Fsp3) is 0.800. The van der Waals surface area contributed by atoms with E-state index in [4.69, 9.17) is 4.74 Å². The quantitative estimate of drug-likeness (QED) is 0.368. The molecule has 0 aromatic heterocycles. The van der Waals surface area contributed by atoms with Gasteiger partial charge in [0, 0.05) is 31.8 Å². The summed E-state index contributed by atoms with van der Waals surface area (Å²) in [5.41, 5.74) is 0.768.